The highest BCUT2D eigenvalue weighted by molar-refractivity contribution is 7.16. The Kier molecular flexibility index (Phi) is 3.39. The van der Waals surface area contributed by atoms with Gasteiger partial charge >= 0.3 is 12.3 Å². The number of hydrogen-bond acceptors (Lipinski definition) is 2. The predicted molar refractivity (Wildman–Crippen MR) is 45.2 cm³/mol. The van der Waals surface area contributed by atoms with Crippen LogP contribution in [0, 0.1) is 0 Å². The van der Waals surface area contributed by atoms with Gasteiger partial charge in [-0.05, 0) is 12.1 Å². The Labute approximate surface area is 85.9 Å². The monoisotopic (exact) mass is 248 g/mol. The van der Waals surface area contributed by atoms with Crippen molar-refractivity contribution >= 4 is 22.9 Å². The van der Waals surface area contributed by atoms with Gasteiger partial charge in [0.25, 0.3) is 0 Å². The maximum absolute atomic E-state index is 12.6. The van der Waals surface area contributed by atoms with E-state index in [2.05, 4.69) is 0 Å². The van der Waals surface area contributed by atoms with Crippen molar-refractivity contribution in [3.63, 3.8) is 0 Å². The summed E-state index contributed by atoms with van der Waals surface area (Å²) in [5.74, 6) is -4.45. The molecule has 0 amide bonds. The van der Waals surface area contributed by atoms with Crippen molar-refractivity contribution in [1.82, 2.24) is 0 Å². The lowest BCUT2D eigenvalue weighted by molar-refractivity contribution is -0.192. The molecule has 1 aromatic heterocycles. The Bertz CT molecular complexity index is 314. The van der Waals surface area contributed by atoms with E-state index < -0.39 is 18.5 Å². The second-order valence-electron chi connectivity index (χ2n) is 2.52. The van der Waals surface area contributed by atoms with E-state index in [-0.39, 0.29) is 9.21 Å². The zero-order valence-corrected chi connectivity index (χ0v) is 8.13. The average molecular weight is 249 g/mol. The lowest BCUT2D eigenvalue weighted by Gasteiger charge is -2.20. The fourth-order valence-corrected chi connectivity index (χ4v) is 1.88. The zero-order chi connectivity index (χ0) is 10.9. The van der Waals surface area contributed by atoms with Crippen LogP contribution in [0.5, 0.6) is 0 Å². The minimum Gasteiger partial charge on any atom is -0.381 e. The molecular weight excluding hydrogens is 244 g/mol. The molecule has 7 heteroatoms. The third-order valence-electron chi connectivity index (χ3n) is 1.52. The van der Waals surface area contributed by atoms with Crippen molar-refractivity contribution in [1.29, 1.82) is 0 Å². The van der Waals surface area contributed by atoms with Gasteiger partial charge in [0.05, 0.1) is 4.34 Å². The summed E-state index contributed by atoms with van der Waals surface area (Å²) in [5, 5.41) is 8.95. The summed E-state index contributed by atoms with van der Waals surface area (Å²) in [4.78, 5) is -0.277. The van der Waals surface area contributed by atoms with Gasteiger partial charge in [0.1, 0.15) is 0 Å². The molecule has 1 atom stereocenters. The standard InChI is InChI=1S/C7H5ClF4OS/c8-4-2-1-3(14-4)5(13)7(11,12)6(9)10/h1-2,5-6,13H. The average Bonchev–Trinajstić information content (AvgIpc) is 2.50. The number of rotatable bonds is 3. The van der Waals surface area contributed by atoms with E-state index in [0.29, 0.717) is 11.3 Å². The van der Waals surface area contributed by atoms with Crippen LogP contribution in [0.3, 0.4) is 0 Å². The van der Waals surface area contributed by atoms with Crippen molar-refractivity contribution in [3.8, 4) is 0 Å². The first-order valence-electron chi connectivity index (χ1n) is 3.45. The number of hydrogen-bond donors (Lipinski definition) is 1. The molecule has 0 spiro atoms. The molecule has 0 radical (unpaired) electrons. The largest absolute Gasteiger partial charge is 0.381 e. The number of aliphatic hydroxyl groups is 1. The summed E-state index contributed by atoms with van der Waals surface area (Å²) in [6, 6.07) is 2.35. The number of halogens is 5. The van der Waals surface area contributed by atoms with Crippen LogP contribution < -0.4 is 0 Å². The molecule has 80 valence electrons. The number of thiophene rings is 1. The van der Waals surface area contributed by atoms with Crippen LogP contribution in [0.15, 0.2) is 12.1 Å². The Balaban J connectivity index is 2.89. The van der Waals surface area contributed by atoms with Crippen molar-refractivity contribution < 1.29 is 22.7 Å². The minimum absolute atomic E-state index is 0.157. The van der Waals surface area contributed by atoms with Gasteiger partial charge in [-0.25, -0.2) is 8.78 Å². The number of aliphatic hydroxyl groups excluding tert-OH is 1. The summed E-state index contributed by atoms with van der Waals surface area (Å²) in [5.41, 5.74) is 0. The van der Waals surface area contributed by atoms with Crippen LogP contribution in [0.2, 0.25) is 4.34 Å². The Morgan fingerprint density at radius 2 is 1.93 bits per heavy atom. The molecule has 0 bridgehead atoms. The fraction of sp³-hybridized carbons (Fsp3) is 0.429. The molecule has 1 aromatic rings. The summed E-state index contributed by atoms with van der Waals surface area (Å²) in [6.45, 7) is 0. The first-order valence-corrected chi connectivity index (χ1v) is 4.64. The highest BCUT2D eigenvalue weighted by atomic mass is 35.5. The molecule has 0 fully saturated rings. The Morgan fingerprint density at radius 3 is 2.29 bits per heavy atom. The van der Waals surface area contributed by atoms with Crippen molar-refractivity contribution in [3.05, 3.63) is 21.3 Å². The molecule has 0 aromatic carbocycles. The van der Waals surface area contributed by atoms with E-state index in [0.717, 1.165) is 6.07 Å². The van der Waals surface area contributed by atoms with E-state index >= 15 is 0 Å². The van der Waals surface area contributed by atoms with Gasteiger partial charge < -0.3 is 5.11 Å². The van der Waals surface area contributed by atoms with Gasteiger partial charge in [-0.2, -0.15) is 8.78 Å². The highest BCUT2D eigenvalue weighted by Gasteiger charge is 2.49. The summed E-state index contributed by atoms with van der Waals surface area (Å²) < 4.78 is 49.0. The van der Waals surface area contributed by atoms with Gasteiger partial charge in [0.15, 0.2) is 6.10 Å². The first-order chi connectivity index (χ1) is 6.35. The molecular formula is C7H5ClF4OS. The maximum Gasteiger partial charge on any atom is 0.337 e. The summed E-state index contributed by atoms with van der Waals surface area (Å²) >= 11 is 6.05. The Morgan fingerprint density at radius 1 is 1.36 bits per heavy atom. The van der Waals surface area contributed by atoms with Crippen molar-refractivity contribution in [2.45, 2.75) is 18.5 Å². The van der Waals surface area contributed by atoms with Gasteiger partial charge in [-0.3, -0.25) is 0 Å². The van der Waals surface area contributed by atoms with Crippen LogP contribution in [0.1, 0.15) is 11.0 Å². The minimum atomic E-state index is -4.45. The lowest BCUT2D eigenvalue weighted by Crippen LogP contribution is -2.33. The molecule has 0 aliphatic heterocycles. The van der Waals surface area contributed by atoms with Crippen LogP contribution in [0.4, 0.5) is 17.6 Å². The normalized spacial score (nSPS) is 14.8. The SMILES string of the molecule is OC(c1ccc(Cl)s1)C(F)(F)C(F)F. The van der Waals surface area contributed by atoms with E-state index in [1.165, 1.54) is 6.07 Å². The smallest absolute Gasteiger partial charge is 0.337 e. The number of alkyl halides is 4. The van der Waals surface area contributed by atoms with Crippen LogP contribution >= 0.6 is 22.9 Å². The topological polar surface area (TPSA) is 20.2 Å². The third-order valence-corrected chi connectivity index (χ3v) is 2.80. The van der Waals surface area contributed by atoms with Crippen molar-refractivity contribution in [2.75, 3.05) is 0 Å². The van der Waals surface area contributed by atoms with Crippen LogP contribution in [0.25, 0.3) is 0 Å². The Hall–Kier alpha value is -0.330. The molecule has 0 aliphatic carbocycles. The molecule has 14 heavy (non-hydrogen) atoms. The van der Waals surface area contributed by atoms with Gasteiger partial charge in [0, 0.05) is 4.88 Å². The predicted octanol–water partition coefficient (Wildman–Crippen LogP) is 3.34. The quantitative estimate of drug-likeness (QED) is 0.814. The van der Waals surface area contributed by atoms with E-state index in [4.69, 9.17) is 16.7 Å². The van der Waals surface area contributed by atoms with Gasteiger partial charge in [0.2, 0.25) is 0 Å². The molecule has 0 aliphatic rings. The van der Waals surface area contributed by atoms with Crippen LogP contribution in [-0.2, 0) is 0 Å². The molecule has 1 rings (SSSR count). The van der Waals surface area contributed by atoms with E-state index in [1.54, 1.807) is 0 Å². The molecule has 1 N–H and O–H groups in total. The van der Waals surface area contributed by atoms with Crippen molar-refractivity contribution in [2.24, 2.45) is 0 Å². The molecule has 1 heterocycles. The van der Waals surface area contributed by atoms with E-state index in [9.17, 15) is 17.6 Å². The van der Waals surface area contributed by atoms with E-state index in [1.807, 2.05) is 0 Å². The zero-order valence-electron chi connectivity index (χ0n) is 6.55. The second kappa shape index (κ2) is 4.04. The maximum atomic E-state index is 12.6. The summed E-state index contributed by atoms with van der Waals surface area (Å²) in [6.07, 6.45) is -6.42. The fourth-order valence-electron chi connectivity index (χ4n) is 0.784. The van der Waals surface area contributed by atoms with Gasteiger partial charge in [-0.1, -0.05) is 11.6 Å². The van der Waals surface area contributed by atoms with Crippen LogP contribution in [-0.4, -0.2) is 17.5 Å². The lowest BCUT2D eigenvalue weighted by atomic mass is 10.1. The molecule has 0 saturated heterocycles. The highest BCUT2D eigenvalue weighted by Crippen LogP contribution is 2.39. The summed E-state index contributed by atoms with van der Waals surface area (Å²) in [7, 11) is 0. The molecule has 0 saturated carbocycles. The van der Waals surface area contributed by atoms with Gasteiger partial charge in [-0.15, -0.1) is 11.3 Å². The molecule has 1 unspecified atom stereocenters. The third kappa shape index (κ3) is 2.18. The second-order valence-corrected chi connectivity index (χ2v) is 4.27. The molecule has 1 nitrogen and oxygen atoms in total. The first kappa shape index (κ1) is 11.7.